The van der Waals surface area contributed by atoms with Crippen LogP contribution < -0.4 is 0 Å². The lowest BCUT2D eigenvalue weighted by atomic mass is 9.82. The van der Waals surface area contributed by atoms with Crippen molar-refractivity contribution >= 4 is 49.3 Å². The number of benzene rings is 5. The molecule has 1 aliphatic rings. The number of rotatable bonds is 5. The molecule has 2 heterocycles. The standard InChI is InChI=1S/C47H39NS/c1-5-6-7-8-10-15-33-20-24-44-40(29-33)41-30-35(34-16-11-9-12-17-34)21-25-45(41)48(44)36-22-23-42-39(31-36)38-26-27-49-46-19-14-13-18-37(46)32(2)28-43(38)47(42,3)4/h5-31H,1-4H3/b6-5-,8-7-,15-10+,27-26?,32-28?. The summed E-state index contributed by atoms with van der Waals surface area (Å²) in [5.74, 6) is 0. The molecule has 238 valence electrons. The summed E-state index contributed by atoms with van der Waals surface area (Å²) in [6.45, 7) is 9.03. The molecule has 0 atom stereocenters. The topological polar surface area (TPSA) is 4.93 Å². The molecule has 0 spiro atoms. The molecule has 2 heteroatoms. The molecular weight excluding hydrogens is 611 g/mol. The smallest absolute Gasteiger partial charge is 0.0541 e. The van der Waals surface area contributed by atoms with Gasteiger partial charge < -0.3 is 4.57 Å². The molecule has 0 N–H and O–H groups in total. The molecule has 1 aliphatic carbocycles. The van der Waals surface area contributed by atoms with Gasteiger partial charge in [0.1, 0.15) is 0 Å². The van der Waals surface area contributed by atoms with Crippen LogP contribution in [0.15, 0.2) is 157 Å². The van der Waals surface area contributed by atoms with Crippen LogP contribution in [0.3, 0.4) is 0 Å². The van der Waals surface area contributed by atoms with E-state index in [1.54, 1.807) is 11.3 Å². The Hall–Kier alpha value is -5.44. The Labute approximate surface area is 293 Å². The average Bonchev–Trinajstić information content (AvgIpc) is 3.57. The molecule has 0 bridgehead atoms. The van der Waals surface area contributed by atoms with Gasteiger partial charge in [-0.1, -0.05) is 123 Å². The second-order valence-corrected chi connectivity index (χ2v) is 14.4. The van der Waals surface area contributed by atoms with Gasteiger partial charge in [-0.2, -0.15) is 0 Å². The molecule has 0 saturated carbocycles. The molecule has 8 rings (SSSR count). The van der Waals surface area contributed by atoms with E-state index in [9.17, 15) is 0 Å². The average molecular weight is 650 g/mol. The largest absolute Gasteiger partial charge is 0.309 e. The van der Waals surface area contributed by atoms with Crippen LogP contribution in [0.2, 0.25) is 0 Å². The summed E-state index contributed by atoms with van der Waals surface area (Å²) in [5, 5.41) is 6.09. The lowest BCUT2D eigenvalue weighted by Crippen LogP contribution is -2.15. The molecule has 1 nitrogen and oxygen atoms in total. The number of aromatic nitrogens is 1. The van der Waals surface area contributed by atoms with Gasteiger partial charge in [0.15, 0.2) is 0 Å². The van der Waals surface area contributed by atoms with E-state index < -0.39 is 0 Å². The molecule has 2 aromatic heterocycles. The highest BCUT2D eigenvalue weighted by Crippen LogP contribution is 2.49. The van der Waals surface area contributed by atoms with Crippen LogP contribution in [0.1, 0.15) is 43.0 Å². The first-order valence-corrected chi connectivity index (χ1v) is 17.9. The first kappa shape index (κ1) is 30.9. The Bertz CT molecular complexity index is 2530. The van der Waals surface area contributed by atoms with Crippen molar-refractivity contribution in [1.29, 1.82) is 0 Å². The van der Waals surface area contributed by atoms with Crippen LogP contribution in [0, 0.1) is 6.92 Å². The van der Waals surface area contributed by atoms with E-state index in [0.29, 0.717) is 0 Å². The van der Waals surface area contributed by atoms with Crippen molar-refractivity contribution in [2.45, 2.75) is 33.1 Å². The van der Waals surface area contributed by atoms with E-state index in [-0.39, 0.29) is 5.41 Å². The Morgan fingerprint density at radius 2 is 1.35 bits per heavy atom. The molecule has 0 radical (unpaired) electrons. The maximum atomic E-state index is 2.45. The summed E-state index contributed by atoms with van der Waals surface area (Å²) in [6, 6.07) is 45.1. The van der Waals surface area contributed by atoms with Crippen molar-refractivity contribution in [2.75, 3.05) is 0 Å². The Kier molecular flexibility index (Phi) is 7.90. The minimum Gasteiger partial charge on any atom is -0.309 e. The van der Waals surface area contributed by atoms with Gasteiger partial charge >= 0.3 is 0 Å². The van der Waals surface area contributed by atoms with E-state index >= 15 is 0 Å². The highest BCUT2D eigenvalue weighted by atomic mass is 32.1. The predicted molar refractivity (Wildman–Crippen MR) is 215 cm³/mol. The molecule has 5 aromatic carbocycles. The summed E-state index contributed by atoms with van der Waals surface area (Å²) in [7, 11) is 0. The Morgan fingerprint density at radius 3 is 2.18 bits per heavy atom. The molecular formula is C47H39NS. The third-order valence-corrected chi connectivity index (χ3v) is 10.9. The molecule has 0 amide bonds. The third kappa shape index (κ3) is 5.43. The molecule has 0 unspecified atom stereocenters. The molecule has 0 fully saturated rings. The summed E-state index contributed by atoms with van der Waals surface area (Å²) < 4.78 is 3.75. The quantitative estimate of drug-likeness (QED) is 0.164. The fraction of sp³-hybridized carbons (Fsp3) is 0.106. The molecule has 7 aromatic rings. The highest BCUT2D eigenvalue weighted by Gasteiger charge is 2.35. The van der Waals surface area contributed by atoms with Crippen LogP contribution >= 0.6 is 11.3 Å². The second-order valence-electron chi connectivity index (χ2n) is 13.4. The van der Waals surface area contributed by atoms with Gasteiger partial charge in [0.2, 0.25) is 0 Å². The monoisotopic (exact) mass is 649 g/mol. The molecule has 0 saturated heterocycles. The summed E-state index contributed by atoms with van der Waals surface area (Å²) in [6.07, 6.45) is 12.5. The van der Waals surface area contributed by atoms with Crippen LogP contribution in [-0.2, 0) is 5.41 Å². The van der Waals surface area contributed by atoms with Crippen LogP contribution in [-0.4, -0.2) is 4.57 Å². The van der Waals surface area contributed by atoms with Crippen molar-refractivity contribution in [2.24, 2.45) is 0 Å². The van der Waals surface area contributed by atoms with Gasteiger partial charge in [-0.3, -0.25) is 0 Å². The fourth-order valence-corrected chi connectivity index (χ4v) is 8.37. The van der Waals surface area contributed by atoms with Crippen molar-refractivity contribution in [3.63, 3.8) is 0 Å². The van der Waals surface area contributed by atoms with Crippen molar-refractivity contribution in [3.05, 3.63) is 179 Å². The fourth-order valence-electron chi connectivity index (χ4n) is 7.51. The first-order valence-electron chi connectivity index (χ1n) is 17.0. The van der Waals surface area contributed by atoms with Crippen molar-refractivity contribution in [3.8, 4) is 27.9 Å². The number of fused-ring (bicyclic) bond motifs is 7. The van der Waals surface area contributed by atoms with Gasteiger partial charge in [-0.25, -0.2) is 0 Å². The zero-order valence-electron chi connectivity index (χ0n) is 28.4. The van der Waals surface area contributed by atoms with E-state index in [4.69, 9.17) is 0 Å². The molecule has 49 heavy (non-hydrogen) atoms. The maximum absolute atomic E-state index is 2.45. The summed E-state index contributed by atoms with van der Waals surface area (Å²) >= 11 is 1.81. The SMILES string of the molecule is C\C=C/C=C\C=C\c1ccc2c(c1)c1cc(-c3ccccc3)ccc1n2-c1ccc2c(c1)-c1ccsc3ccccc3c(C)cc1C2(C)C. The zero-order valence-corrected chi connectivity index (χ0v) is 29.3. The highest BCUT2D eigenvalue weighted by molar-refractivity contribution is 7.16. The van der Waals surface area contributed by atoms with E-state index in [0.717, 1.165) is 0 Å². The Balaban J connectivity index is 1.35. The second kappa shape index (κ2) is 12.5. The van der Waals surface area contributed by atoms with E-state index in [1.165, 1.54) is 82.1 Å². The number of allylic oxidation sites excluding steroid dienone is 5. The van der Waals surface area contributed by atoms with Gasteiger partial charge in [0, 0.05) is 26.6 Å². The minimum absolute atomic E-state index is 0.118. The van der Waals surface area contributed by atoms with Gasteiger partial charge in [-0.05, 0) is 118 Å². The Morgan fingerprint density at radius 1 is 0.592 bits per heavy atom. The third-order valence-electron chi connectivity index (χ3n) is 10.0. The zero-order chi connectivity index (χ0) is 33.5. The van der Waals surface area contributed by atoms with Gasteiger partial charge in [-0.15, -0.1) is 11.3 Å². The first-order chi connectivity index (χ1) is 23.9. The van der Waals surface area contributed by atoms with Gasteiger partial charge in [0.05, 0.1) is 11.0 Å². The van der Waals surface area contributed by atoms with Crippen LogP contribution in [0.4, 0.5) is 0 Å². The van der Waals surface area contributed by atoms with Crippen molar-refractivity contribution < 1.29 is 0 Å². The maximum Gasteiger partial charge on any atom is 0.0541 e. The lowest BCUT2D eigenvalue weighted by molar-refractivity contribution is 0.660. The number of aryl methyl sites for hydroxylation is 1. The van der Waals surface area contributed by atoms with Crippen molar-refractivity contribution in [1.82, 2.24) is 4.57 Å². The van der Waals surface area contributed by atoms with Crippen LogP contribution in [0.25, 0.3) is 65.9 Å². The molecule has 0 aliphatic heterocycles. The predicted octanol–water partition coefficient (Wildman–Crippen LogP) is 13.6. The minimum atomic E-state index is -0.118. The van der Waals surface area contributed by atoms with Gasteiger partial charge in [0.25, 0.3) is 0 Å². The number of hydrogen-bond donors (Lipinski definition) is 0. The normalized spacial score (nSPS) is 13.6. The number of hydrogen-bond acceptors (Lipinski definition) is 1. The summed E-state index contributed by atoms with van der Waals surface area (Å²) in [5.41, 5.74) is 13.8. The van der Waals surface area contributed by atoms with E-state index in [2.05, 4.69) is 176 Å². The van der Waals surface area contributed by atoms with Crippen LogP contribution in [0.5, 0.6) is 0 Å². The lowest BCUT2D eigenvalue weighted by Gasteiger charge is -2.22. The van der Waals surface area contributed by atoms with E-state index in [1.807, 2.05) is 19.1 Å². The summed E-state index contributed by atoms with van der Waals surface area (Å²) in [4.78, 5) is 0. The number of nitrogens with zero attached hydrogens (tertiary/aromatic N) is 1.